The minimum atomic E-state index is -1.03. The van der Waals surface area contributed by atoms with Gasteiger partial charge in [0.1, 0.15) is 0 Å². The van der Waals surface area contributed by atoms with Crippen LogP contribution < -0.4 is 5.32 Å². The Labute approximate surface area is 117 Å². The highest BCUT2D eigenvalue weighted by molar-refractivity contribution is 6.01. The highest BCUT2D eigenvalue weighted by Gasteiger charge is 2.19. The van der Waals surface area contributed by atoms with Gasteiger partial charge in [-0.1, -0.05) is 12.1 Å². The zero-order valence-electron chi connectivity index (χ0n) is 11.5. The van der Waals surface area contributed by atoms with E-state index in [4.69, 9.17) is 9.84 Å². The van der Waals surface area contributed by atoms with Gasteiger partial charge in [0.2, 0.25) is 5.91 Å². The van der Waals surface area contributed by atoms with Gasteiger partial charge in [0.25, 0.3) is 0 Å². The van der Waals surface area contributed by atoms with Crippen molar-refractivity contribution in [3.05, 3.63) is 29.3 Å². The van der Waals surface area contributed by atoms with E-state index in [-0.39, 0.29) is 11.5 Å². The third kappa shape index (κ3) is 3.57. The fourth-order valence-corrected chi connectivity index (χ4v) is 2.42. The number of hydrogen-bond donors (Lipinski definition) is 2. The molecule has 0 radical (unpaired) electrons. The Hall–Kier alpha value is -1.88. The molecule has 108 valence electrons. The van der Waals surface area contributed by atoms with Crippen LogP contribution in [-0.4, -0.2) is 30.2 Å². The van der Waals surface area contributed by atoms with Gasteiger partial charge < -0.3 is 15.2 Å². The van der Waals surface area contributed by atoms with Gasteiger partial charge in [-0.3, -0.25) is 4.79 Å². The Morgan fingerprint density at radius 1 is 1.35 bits per heavy atom. The van der Waals surface area contributed by atoms with Gasteiger partial charge >= 0.3 is 5.97 Å². The molecule has 20 heavy (non-hydrogen) atoms. The lowest BCUT2D eigenvalue weighted by atomic mass is 9.96. The number of aryl methyl sites for hydroxylation is 1. The maximum atomic E-state index is 12.1. The minimum absolute atomic E-state index is 0.130. The summed E-state index contributed by atoms with van der Waals surface area (Å²) in [6.45, 7) is 3.18. The van der Waals surface area contributed by atoms with Crippen molar-refractivity contribution in [3.8, 4) is 0 Å². The van der Waals surface area contributed by atoms with Crippen molar-refractivity contribution in [2.24, 2.45) is 5.92 Å². The lowest BCUT2D eigenvalue weighted by Crippen LogP contribution is -2.23. The molecule has 0 unspecified atom stereocenters. The van der Waals surface area contributed by atoms with Crippen molar-refractivity contribution in [2.45, 2.75) is 26.2 Å². The lowest BCUT2D eigenvalue weighted by Gasteiger charge is -2.21. The number of carbonyl (C=O) groups is 2. The summed E-state index contributed by atoms with van der Waals surface area (Å²) in [4.78, 5) is 23.2. The van der Waals surface area contributed by atoms with Crippen LogP contribution in [0.2, 0.25) is 0 Å². The molecule has 1 aliphatic rings. The summed E-state index contributed by atoms with van der Waals surface area (Å²) in [5.74, 6) is -0.843. The quantitative estimate of drug-likeness (QED) is 0.886. The number of carboxylic acids is 1. The Bertz CT molecular complexity index is 507. The first-order chi connectivity index (χ1) is 9.58. The highest BCUT2D eigenvalue weighted by atomic mass is 16.5. The van der Waals surface area contributed by atoms with E-state index in [2.05, 4.69) is 5.32 Å². The van der Waals surface area contributed by atoms with Crippen LogP contribution in [0.25, 0.3) is 0 Å². The number of aromatic carboxylic acids is 1. The van der Waals surface area contributed by atoms with Crippen LogP contribution in [0.4, 0.5) is 5.69 Å². The molecular weight excluding hydrogens is 258 g/mol. The monoisotopic (exact) mass is 277 g/mol. The molecule has 5 heteroatoms. The molecule has 5 nitrogen and oxygen atoms in total. The summed E-state index contributed by atoms with van der Waals surface area (Å²) in [6.07, 6.45) is 2.18. The summed E-state index contributed by atoms with van der Waals surface area (Å²) in [5.41, 5.74) is 1.28. The van der Waals surface area contributed by atoms with E-state index < -0.39 is 5.97 Å². The van der Waals surface area contributed by atoms with Gasteiger partial charge in [-0.25, -0.2) is 4.79 Å². The van der Waals surface area contributed by atoms with Crippen LogP contribution in [0, 0.1) is 12.8 Å². The first-order valence-electron chi connectivity index (χ1n) is 6.78. The largest absolute Gasteiger partial charge is 0.478 e. The Balaban J connectivity index is 2.05. The maximum absolute atomic E-state index is 12.1. The molecular formula is C15H19NO4. The molecule has 0 saturated carbocycles. The van der Waals surface area contributed by atoms with Crippen LogP contribution >= 0.6 is 0 Å². The average Bonchev–Trinajstić information content (AvgIpc) is 2.42. The van der Waals surface area contributed by atoms with E-state index in [0.717, 1.165) is 18.4 Å². The standard InChI is InChI=1S/C15H19NO4/c1-10-3-2-4-12(15(18)19)14(10)16-13(17)9-11-5-7-20-8-6-11/h2-4,11H,5-9H2,1H3,(H,16,17)(H,18,19). The molecule has 1 heterocycles. The average molecular weight is 277 g/mol. The predicted molar refractivity (Wildman–Crippen MR) is 74.9 cm³/mol. The van der Waals surface area contributed by atoms with Crippen molar-refractivity contribution in [2.75, 3.05) is 18.5 Å². The van der Waals surface area contributed by atoms with Crippen molar-refractivity contribution in [3.63, 3.8) is 0 Å². The first-order valence-corrected chi connectivity index (χ1v) is 6.78. The fraction of sp³-hybridized carbons (Fsp3) is 0.467. The van der Waals surface area contributed by atoms with Crippen molar-refractivity contribution in [1.82, 2.24) is 0 Å². The maximum Gasteiger partial charge on any atom is 0.337 e. The number of para-hydroxylation sites is 1. The Morgan fingerprint density at radius 2 is 2.05 bits per heavy atom. The van der Waals surface area contributed by atoms with E-state index in [0.29, 0.717) is 31.2 Å². The first kappa shape index (κ1) is 14.5. The highest BCUT2D eigenvalue weighted by Crippen LogP contribution is 2.23. The normalized spacial score (nSPS) is 15.8. The fourth-order valence-electron chi connectivity index (χ4n) is 2.42. The number of carboxylic acid groups (broad SMARTS) is 1. The Morgan fingerprint density at radius 3 is 2.70 bits per heavy atom. The molecule has 2 N–H and O–H groups in total. The van der Waals surface area contributed by atoms with Crippen LogP contribution in [0.3, 0.4) is 0 Å². The smallest absolute Gasteiger partial charge is 0.337 e. The predicted octanol–water partition coefficient (Wildman–Crippen LogP) is 2.45. The minimum Gasteiger partial charge on any atom is -0.478 e. The number of hydrogen-bond acceptors (Lipinski definition) is 3. The second-order valence-corrected chi connectivity index (χ2v) is 5.11. The number of carbonyl (C=O) groups excluding carboxylic acids is 1. The summed E-state index contributed by atoms with van der Waals surface area (Å²) >= 11 is 0. The van der Waals surface area contributed by atoms with Gasteiger partial charge in [-0.2, -0.15) is 0 Å². The van der Waals surface area contributed by atoms with Gasteiger partial charge in [-0.15, -0.1) is 0 Å². The number of nitrogens with one attached hydrogen (secondary N) is 1. The molecule has 1 amide bonds. The molecule has 1 saturated heterocycles. The topological polar surface area (TPSA) is 75.6 Å². The molecule has 2 rings (SSSR count). The van der Waals surface area contributed by atoms with E-state index in [1.807, 2.05) is 0 Å². The third-order valence-corrected chi connectivity index (χ3v) is 3.58. The SMILES string of the molecule is Cc1cccc(C(=O)O)c1NC(=O)CC1CCOCC1. The molecule has 0 bridgehead atoms. The van der Waals surface area contributed by atoms with Gasteiger partial charge in [0, 0.05) is 19.6 Å². The zero-order valence-corrected chi connectivity index (χ0v) is 11.5. The number of rotatable bonds is 4. The zero-order chi connectivity index (χ0) is 14.5. The summed E-state index contributed by atoms with van der Waals surface area (Å²) in [6, 6.07) is 4.96. The third-order valence-electron chi connectivity index (χ3n) is 3.58. The van der Waals surface area contributed by atoms with Gasteiger partial charge in [-0.05, 0) is 37.3 Å². The van der Waals surface area contributed by atoms with Crippen molar-refractivity contribution in [1.29, 1.82) is 0 Å². The number of amides is 1. The molecule has 0 atom stereocenters. The van der Waals surface area contributed by atoms with Crippen molar-refractivity contribution < 1.29 is 19.4 Å². The van der Waals surface area contributed by atoms with Crippen molar-refractivity contribution >= 4 is 17.6 Å². The summed E-state index contributed by atoms with van der Waals surface area (Å²) in [7, 11) is 0. The molecule has 1 aromatic rings. The van der Waals surface area contributed by atoms with Gasteiger partial charge in [0.15, 0.2) is 0 Å². The molecule has 1 aromatic carbocycles. The number of ether oxygens (including phenoxy) is 1. The second kappa shape index (κ2) is 6.52. The van der Waals surface area contributed by atoms with Crippen LogP contribution in [0.15, 0.2) is 18.2 Å². The molecule has 1 aliphatic heterocycles. The summed E-state index contributed by atoms with van der Waals surface area (Å²) < 4.78 is 5.26. The molecule has 0 spiro atoms. The van der Waals surface area contributed by atoms with Gasteiger partial charge in [0.05, 0.1) is 11.3 Å². The molecule has 0 aromatic heterocycles. The van der Waals surface area contributed by atoms with Crippen LogP contribution in [-0.2, 0) is 9.53 Å². The van der Waals surface area contributed by atoms with Crippen LogP contribution in [0.5, 0.6) is 0 Å². The van der Waals surface area contributed by atoms with E-state index in [9.17, 15) is 9.59 Å². The second-order valence-electron chi connectivity index (χ2n) is 5.11. The van der Waals surface area contributed by atoms with E-state index in [1.165, 1.54) is 6.07 Å². The van der Waals surface area contributed by atoms with Crippen LogP contribution in [0.1, 0.15) is 35.2 Å². The Kier molecular flexibility index (Phi) is 4.74. The van der Waals surface area contributed by atoms with E-state index in [1.54, 1.807) is 19.1 Å². The molecule has 0 aliphatic carbocycles. The van der Waals surface area contributed by atoms with E-state index >= 15 is 0 Å². The summed E-state index contributed by atoms with van der Waals surface area (Å²) in [5, 5.41) is 11.9. The lowest BCUT2D eigenvalue weighted by molar-refractivity contribution is -0.117. The molecule has 1 fully saturated rings. The number of benzene rings is 1. The number of anilines is 1.